The van der Waals surface area contributed by atoms with E-state index < -0.39 is 0 Å². The maximum Gasteiger partial charge on any atom is 0.280 e. The summed E-state index contributed by atoms with van der Waals surface area (Å²) >= 11 is 0. The number of pyridine rings is 1. The number of rotatable bonds is 4. The number of fused-ring (bicyclic) bond motifs is 1. The van der Waals surface area contributed by atoms with Crippen molar-refractivity contribution in [2.24, 2.45) is 0 Å². The predicted octanol–water partition coefficient (Wildman–Crippen LogP) is 2.03. The van der Waals surface area contributed by atoms with Gasteiger partial charge in [-0.2, -0.15) is 5.10 Å². The van der Waals surface area contributed by atoms with Gasteiger partial charge in [-0.3, -0.25) is 9.36 Å². The van der Waals surface area contributed by atoms with Crippen LogP contribution >= 0.6 is 0 Å². The fraction of sp³-hybridized carbons (Fsp3) is 0.111. The van der Waals surface area contributed by atoms with E-state index in [1.54, 1.807) is 36.3 Å². The quantitative estimate of drug-likeness (QED) is 0.571. The van der Waals surface area contributed by atoms with Crippen LogP contribution in [-0.2, 0) is 6.54 Å². The molecular weight excluding hydrogens is 318 g/mol. The first-order valence-electron chi connectivity index (χ1n) is 7.73. The van der Waals surface area contributed by atoms with Gasteiger partial charge in [-0.05, 0) is 24.3 Å². The van der Waals surface area contributed by atoms with Crippen molar-refractivity contribution in [2.75, 3.05) is 7.11 Å². The fourth-order valence-electron chi connectivity index (χ4n) is 2.63. The van der Waals surface area contributed by atoms with Crippen LogP contribution in [0.15, 0.2) is 66.1 Å². The molecule has 0 radical (unpaired) electrons. The van der Waals surface area contributed by atoms with Gasteiger partial charge in [0, 0.05) is 24.0 Å². The Hall–Kier alpha value is -3.48. The van der Waals surface area contributed by atoms with E-state index in [-0.39, 0.29) is 5.56 Å². The van der Waals surface area contributed by atoms with Crippen LogP contribution in [0.2, 0.25) is 0 Å². The van der Waals surface area contributed by atoms with E-state index in [2.05, 4.69) is 15.1 Å². The van der Waals surface area contributed by atoms with Gasteiger partial charge in [-0.25, -0.2) is 14.6 Å². The average molecular weight is 333 g/mol. The molecule has 0 unspecified atom stereocenters. The normalized spacial score (nSPS) is 10.9. The SMILES string of the molecule is COc1cccc(-n2cc(Cn3cnc4cccnc4c3=O)cn2)c1. The van der Waals surface area contributed by atoms with Crippen LogP contribution < -0.4 is 10.3 Å². The topological polar surface area (TPSA) is 74.8 Å². The molecule has 0 spiro atoms. The molecule has 7 nitrogen and oxygen atoms in total. The summed E-state index contributed by atoms with van der Waals surface area (Å²) in [5.41, 5.74) is 2.57. The summed E-state index contributed by atoms with van der Waals surface area (Å²) in [5.74, 6) is 0.760. The molecule has 1 aromatic carbocycles. The molecule has 0 aliphatic carbocycles. The van der Waals surface area contributed by atoms with E-state index in [1.165, 1.54) is 10.9 Å². The molecule has 4 aromatic rings. The number of hydrogen-bond acceptors (Lipinski definition) is 5. The van der Waals surface area contributed by atoms with Gasteiger partial charge in [0.05, 0.1) is 37.4 Å². The third-order valence-corrected chi connectivity index (χ3v) is 3.89. The molecule has 0 aliphatic heterocycles. The highest BCUT2D eigenvalue weighted by Crippen LogP contribution is 2.16. The van der Waals surface area contributed by atoms with Gasteiger partial charge in [0.25, 0.3) is 5.56 Å². The van der Waals surface area contributed by atoms with E-state index in [1.807, 2.05) is 30.5 Å². The van der Waals surface area contributed by atoms with Crippen LogP contribution in [0.3, 0.4) is 0 Å². The van der Waals surface area contributed by atoms with Gasteiger partial charge < -0.3 is 4.74 Å². The molecule has 0 N–H and O–H groups in total. The zero-order valence-electron chi connectivity index (χ0n) is 13.5. The lowest BCUT2D eigenvalue weighted by atomic mass is 10.3. The molecule has 124 valence electrons. The Kier molecular flexibility index (Phi) is 3.74. The summed E-state index contributed by atoms with van der Waals surface area (Å²) in [7, 11) is 1.63. The first-order valence-corrected chi connectivity index (χ1v) is 7.73. The lowest BCUT2D eigenvalue weighted by Crippen LogP contribution is -2.21. The van der Waals surface area contributed by atoms with E-state index in [0.29, 0.717) is 17.6 Å². The molecule has 3 aromatic heterocycles. The Morgan fingerprint density at radius 1 is 1.16 bits per heavy atom. The molecule has 0 amide bonds. The molecular formula is C18H15N5O2. The minimum absolute atomic E-state index is 0.167. The van der Waals surface area contributed by atoms with E-state index in [0.717, 1.165) is 17.0 Å². The summed E-state index contributed by atoms with van der Waals surface area (Å²) in [6.45, 7) is 0.377. The third kappa shape index (κ3) is 2.87. The molecule has 25 heavy (non-hydrogen) atoms. The Balaban J connectivity index is 1.65. The van der Waals surface area contributed by atoms with Crippen molar-refractivity contribution in [1.29, 1.82) is 0 Å². The van der Waals surface area contributed by atoms with Gasteiger partial charge in [-0.1, -0.05) is 6.07 Å². The summed E-state index contributed by atoms with van der Waals surface area (Å²) in [4.78, 5) is 20.9. The number of aromatic nitrogens is 5. The van der Waals surface area contributed by atoms with Gasteiger partial charge in [0.15, 0.2) is 5.52 Å². The second-order valence-corrected chi connectivity index (χ2v) is 5.54. The minimum atomic E-state index is -0.167. The maximum atomic E-state index is 12.5. The van der Waals surface area contributed by atoms with Crippen LogP contribution in [0.1, 0.15) is 5.56 Å². The minimum Gasteiger partial charge on any atom is -0.497 e. The maximum absolute atomic E-state index is 12.5. The average Bonchev–Trinajstić information content (AvgIpc) is 3.13. The summed E-state index contributed by atoms with van der Waals surface area (Å²) < 4.78 is 8.51. The van der Waals surface area contributed by atoms with Crippen LogP contribution in [-0.4, -0.2) is 31.4 Å². The smallest absolute Gasteiger partial charge is 0.280 e. The fourth-order valence-corrected chi connectivity index (χ4v) is 2.63. The molecule has 0 fully saturated rings. The molecule has 4 rings (SSSR count). The van der Waals surface area contributed by atoms with Crippen molar-refractivity contribution in [3.8, 4) is 11.4 Å². The highest BCUT2D eigenvalue weighted by molar-refractivity contribution is 5.71. The standard InChI is InChI=1S/C18H15N5O2/c1-25-15-5-2-4-14(8-15)23-11-13(9-21-23)10-22-12-20-16-6-3-7-19-17(16)18(22)24/h2-9,11-12H,10H2,1H3. The van der Waals surface area contributed by atoms with Crippen molar-refractivity contribution in [2.45, 2.75) is 6.54 Å². The van der Waals surface area contributed by atoms with Crippen LogP contribution in [0.5, 0.6) is 5.75 Å². The van der Waals surface area contributed by atoms with Crippen LogP contribution in [0.25, 0.3) is 16.7 Å². The Morgan fingerprint density at radius 2 is 2.08 bits per heavy atom. The highest BCUT2D eigenvalue weighted by atomic mass is 16.5. The molecule has 0 saturated heterocycles. The Bertz CT molecular complexity index is 1100. The number of hydrogen-bond donors (Lipinski definition) is 0. The lowest BCUT2D eigenvalue weighted by Gasteiger charge is -2.05. The molecule has 3 heterocycles. The molecule has 0 aliphatic rings. The van der Waals surface area contributed by atoms with Gasteiger partial charge in [0.1, 0.15) is 5.75 Å². The summed E-state index contributed by atoms with van der Waals surface area (Å²) in [6.07, 6.45) is 6.74. The number of benzene rings is 1. The second kappa shape index (κ2) is 6.20. The number of nitrogens with zero attached hydrogens (tertiary/aromatic N) is 5. The Labute approximate surface area is 143 Å². The van der Waals surface area contributed by atoms with Gasteiger partial charge >= 0.3 is 0 Å². The van der Waals surface area contributed by atoms with E-state index in [9.17, 15) is 4.79 Å². The van der Waals surface area contributed by atoms with Crippen molar-refractivity contribution in [3.05, 3.63) is 77.2 Å². The Morgan fingerprint density at radius 3 is 2.96 bits per heavy atom. The largest absolute Gasteiger partial charge is 0.497 e. The van der Waals surface area contributed by atoms with Gasteiger partial charge in [-0.15, -0.1) is 0 Å². The molecule has 0 atom stereocenters. The number of methoxy groups -OCH3 is 1. The molecule has 0 saturated carbocycles. The summed E-state index contributed by atoms with van der Waals surface area (Å²) in [6, 6.07) is 11.1. The van der Waals surface area contributed by atoms with Crippen molar-refractivity contribution < 1.29 is 4.74 Å². The molecule has 0 bridgehead atoms. The zero-order valence-corrected chi connectivity index (χ0v) is 13.5. The van der Waals surface area contributed by atoms with E-state index >= 15 is 0 Å². The van der Waals surface area contributed by atoms with Crippen LogP contribution in [0, 0.1) is 0 Å². The lowest BCUT2D eigenvalue weighted by molar-refractivity contribution is 0.414. The van der Waals surface area contributed by atoms with Crippen molar-refractivity contribution >= 4 is 11.0 Å². The van der Waals surface area contributed by atoms with Crippen LogP contribution in [0.4, 0.5) is 0 Å². The monoisotopic (exact) mass is 333 g/mol. The highest BCUT2D eigenvalue weighted by Gasteiger charge is 2.07. The number of ether oxygens (including phenoxy) is 1. The van der Waals surface area contributed by atoms with Gasteiger partial charge in [0.2, 0.25) is 0 Å². The third-order valence-electron chi connectivity index (χ3n) is 3.89. The van der Waals surface area contributed by atoms with E-state index in [4.69, 9.17) is 4.74 Å². The first-order chi connectivity index (χ1) is 12.2. The van der Waals surface area contributed by atoms with Crippen molar-refractivity contribution in [3.63, 3.8) is 0 Å². The first kappa shape index (κ1) is 15.1. The molecule has 7 heteroatoms. The summed E-state index contributed by atoms with van der Waals surface area (Å²) in [5, 5.41) is 4.36. The zero-order chi connectivity index (χ0) is 17.2. The second-order valence-electron chi connectivity index (χ2n) is 5.54. The predicted molar refractivity (Wildman–Crippen MR) is 93.0 cm³/mol. The van der Waals surface area contributed by atoms with Crippen molar-refractivity contribution in [1.82, 2.24) is 24.3 Å².